The first-order chi connectivity index (χ1) is 17.8. The van der Waals surface area contributed by atoms with Gasteiger partial charge >= 0.3 is 0 Å². The van der Waals surface area contributed by atoms with Crippen LogP contribution in [0.3, 0.4) is 0 Å². The third-order valence-electron chi connectivity index (χ3n) is 7.06. The van der Waals surface area contributed by atoms with E-state index in [-0.39, 0.29) is 36.9 Å². The maximum Gasteiger partial charge on any atom is 0.217 e. The number of benzene rings is 2. The lowest BCUT2D eigenvalue weighted by Gasteiger charge is -2.38. The Bertz CT molecular complexity index is 1190. The average Bonchev–Trinajstić information content (AvgIpc) is 2.80. The summed E-state index contributed by atoms with van der Waals surface area (Å²) in [6.45, 7) is 5.68. The van der Waals surface area contributed by atoms with E-state index < -0.39 is 33.8 Å². The molecule has 0 heterocycles. The van der Waals surface area contributed by atoms with Crippen molar-refractivity contribution in [1.82, 2.24) is 15.4 Å². The van der Waals surface area contributed by atoms with E-state index in [1.165, 1.54) is 24.6 Å². The number of carbonyl (C=O) groups is 1. The van der Waals surface area contributed by atoms with Crippen molar-refractivity contribution < 1.29 is 27.1 Å². The minimum Gasteiger partial charge on any atom is -0.390 e. The fourth-order valence-corrected chi connectivity index (χ4v) is 6.11. The zero-order valence-electron chi connectivity index (χ0n) is 22.4. The summed E-state index contributed by atoms with van der Waals surface area (Å²) < 4.78 is 53.9. The Balaban J connectivity index is 1.78. The quantitative estimate of drug-likeness (QED) is 0.343. The Morgan fingerprint density at radius 3 is 2.39 bits per heavy atom. The van der Waals surface area contributed by atoms with Crippen molar-refractivity contribution in [3.8, 4) is 0 Å². The highest BCUT2D eigenvalue weighted by Gasteiger charge is 2.34. The van der Waals surface area contributed by atoms with Crippen LogP contribution in [0.1, 0.15) is 68.6 Å². The lowest BCUT2D eigenvalue weighted by Crippen LogP contribution is -2.52. The van der Waals surface area contributed by atoms with Gasteiger partial charge in [0.1, 0.15) is 11.6 Å². The number of aliphatic hydroxyl groups is 1. The van der Waals surface area contributed by atoms with Gasteiger partial charge < -0.3 is 15.7 Å². The zero-order valence-corrected chi connectivity index (χ0v) is 23.2. The van der Waals surface area contributed by atoms with E-state index in [0.29, 0.717) is 24.3 Å². The van der Waals surface area contributed by atoms with Gasteiger partial charge in [-0.15, -0.1) is 0 Å². The number of amides is 1. The Morgan fingerprint density at radius 2 is 1.79 bits per heavy atom. The second-order valence-corrected chi connectivity index (χ2v) is 12.5. The summed E-state index contributed by atoms with van der Waals surface area (Å²) >= 11 is 0. The molecule has 2 aromatic carbocycles. The second-order valence-electron chi connectivity index (χ2n) is 10.7. The number of aliphatic hydroxyl groups excluding tert-OH is 1. The number of halogens is 2. The van der Waals surface area contributed by atoms with Gasteiger partial charge in [-0.2, -0.15) is 0 Å². The third-order valence-corrected chi connectivity index (χ3v) is 7.82. The summed E-state index contributed by atoms with van der Waals surface area (Å²) in [6.07, 6.45) is 2.08. The number of carbonyl (C=O) groups excluding carboxylic acids is 1. The van der Waals surface area contributed by atoms with Crippen LogP contribution in [0.5, 0.6) is 0 Å². The molecule has 0 aliphatic heterocycles. The average molecular weight is 552 g/mol. The lowest BCUT2D eigenvalue weighted by atomic mass is 9.77. The van der Waals surface area contributed by atoms with Gasteiger partial charge in [0.15, 0.2) is 0 Å². The third kappa shape index (κ3) is 9.11. The molecule has 1 amide bonds. The highest BCUT2D eigenvalue weighted by molar-refractivity contribution is 7.88. The fraction of sp³-hybridized carbons (Fsp3) is 0.536. The highest BCUT2D eigenvalue weighted by atomic mass is 32.2. The summed E-state index contributed by atoms with van der Waals surface area (Å²) in [5.41, 5.74) is 2.68. The Hall–Kier alpha value is -2.40. The molecule has 0 saturated heterocycles. The summed E-state index contributed by atoms with van der Waals surface area (Å²) in [6, 6.07) is 10.3. The Morgan fingerprint density at radius 1 is 1.11 bits per heavy atom. The van der Waals surface area contributed by atoms with Crippen molar-refractivity contribution in [2.24, 2.45) is 0 Å². The monoisotopic (exact) mass is 551 g/mol. The molecule has 0 radical (unpaired) electrons. The maximum absolute atomic E-state index is 13.7. The van der Waals surface area contributed by atoms with E-state index in [9.17, 15) is 27.1 Å². The Labute approximate surface area is 224 Å². The molecule has 210 valence electrons. The van der Waals surface area contributed by atoms with Crippen LogP contribution in [0, 0.1) is 11.6 Å². The van der Waals surface area contributed by atoms with Crippen LogP contribution in [0.25, 0.3) is 0 Å². The molecule has 3 rings (SSSR count). The molecule has 2 aromatic rings. The molecular weight excluding hydrogens is 512 g/mol. The molecule has 38 heavy (non-hydrogen) atoms. The number of rotatable bonds is 11. The minimum absolute atomic E-state index is 0.0416. The maximum atomic E-state index is 13.7. The van der Waals surface area contributed by atoms with Gasteiger partial charge in [0.25, 0.3) is 0 Å². The molecule has 1 aliphatic rings. The molecule has 4 N–H and O–H groups in total. The van der Waals surface area contributed by atoms with Gasteiger partial charge in [0.05, 0.1) is 18.4 Å². The normalized spacial score (nSPS) is 21.7. The predicted molar refractivity (Wildman–Crippen MR) is 144 cm³/mol. The lowest BCUT2D eigenvalue weighted by molar-refractivity contribution is -0.120. The van der Waals surface area contributed by atoms with Crippen molar-refractivity contribution in [2.45, 2.75) is 82.5 Å². The van der Waals surface area contributed by atoms with E-state index in [1.54, 1.807) is 0 Å². The SMILES string of the molecule is CC(=O)NC(Cc1cc(F)cc(F)c1)C(O)CNC1CC(NS(C)(=O)=O)CCC1c1cccc(C(C)C)c1. The molecule has 1 fully saturated rings. The van der Waals surface area contributed by atoms with E-state index in [4.69, 9.17) is 0 Å². The van der Waals surface area contributed by atoms with Crippen LogP contribution in [-0.2, 0) is 21.2 Å². The molecule has 5 atom stereocenters. The standard InChI is InChI=1S/C28H39F2N3O4S/c1-17(2)20-6-5-7-21(13-20)25-9-8-24(33-38(4,36)37)15-26(25)31-16-28(35)27(32-18(3)34)12-19-10-22(29)14-23(30)11-19/h5-7,10-11,13-14,17,24-28,31,33,35H,8-9,12,15-16H2,1-4H3,(H,32,34). The van der Waals surface area contributed by atoms with Crippen molar-refractivity contribution >= 4 is 15.9 Å². The predicted octanol–water partition coefficient (Wildman–Crippen LogP) is 3.34. The molecular formula is C28H39F2N3O4S. The van der Waals surface area contributed by atoms with Crippen LogP contribution in [0.4, 0.5) is 8.78 Å². The van der Waals surface area contributed by atoms with E-state index in [1.807, 2.05) is 6.07 Å². The topological polar surface area (TPSA) is 108 Å². The number of nitrogens with one attached hydrogen (secondary N) is 3. The summed E-state index contributed by atoms with van der Waals surface area (Å²) in [4.78, 5) is 11.8. The Kier molecular flexibility index (Phi) is 10.4. The molecule has 1 saturated carbocycles. The number of hydrogen-bond donors (Lipinski definition) is 4. The number of hydrogen-bond acceptors (Lipinski definition) is 5. The molecule has 0 spiro atoms. The van der Waals surface area contributed by atoms with Crippen molar-refractivity contribution in [3.05, 3.63) is 70.8 Å². The first-order valence-corrected chi connectivity index (χ1v) is 14.9. The molecule has 0 aromatic heterocycles. The number of sulfonamides is 1. The van der Waals surface area contributed by atoms with Crippen LogP contribution in [0.15, 0.2) is 42.5 Å². The van der Waals surface area contributed by atoms with Crippen LogP contribution >= 0.6 is 0 Å². The first kappa shape index (κ1) is 30.1. The summed E-state index contributed by atoms with van der Waals surface area (Å²) in [5, 5.41) is 17.1. The van der Waals surface area contributed by atoms with Gasteiger partial charge in [-0.25, -0.2) is 21.9 Å². The van der Waals surface area contributed by atoms with Gasteiger partial charge in [-0.1, -0.05) is 38.1 Å². The summed E-state index contributed by atoms with van der Waals surface area (Å²) in [7, 11) is -3.38. The first-order valence-electron chi connectivity index (χ1n) is 13.0. The smallest absolute Gasteiger partial charge is 0.217 e. The van der Waals surface area contributed by atoms with Gasteiger partial charge in [-0.05, 0) is 66.3 Å². The molecule has 1 aliphatic carbocycles. The zero-order chi connectivity index (χ0) is 28.0. The van der Waals surface area contributed by atoms with Crippen molar-refractivity contribution in [3.63, 3.8) is 0 Å². The summed E-state index contributed by atoms with van der Waals surface area (Å²) in [5.74, 6) is -1.38. The van der Waals surface area contributed by atoms with Crippen LogP contribution in [-0.4, -0.2) is 56.5 Å². The molecule has 10 heteroatoms. The fourth-order valence-electron chi connectivity index (χ4n) is 5.30. The minimum atomic E-state index is -3.38. The second kappa shape index (κ2) is 13.1. The molecule has 0 bridgehead atoms. The van der Waals surface area contributed by atoms with Crippen molar-refractivity contribution in [1.29, 1.82) is 0 Å². The van der Waals surface area contributed by atoms with Gasteiger partial charge in [0.2, 0.25) is 15.9 Å². The van der Waals surface area contributed by atoms with Crippen LogP contribution < -0.4 is 15.4 Å². The highest BCUT2D eigenvalue weighted by Crippen LogP contribution is 2.35. The van der Waals surface area contributed by atoms with Gasteiger partial charge in [0, 0.05) is 31.6 Å². The largest absolute Gasteiger partial charge is 0.390 e. The van der Waals surface area contributed by atoms with E-state index in [0.717, 1.165) is 24.3 Å². The van der Waals surface area contributed by atoms with E-state index in [2.05, 4.69) is 47.4 Å². The van der Waals surface area contributed by atoms with Crippen LogP contribution in [0.2, 0.25) is 0 Å². The molecule has 5 unspecified atom stereocenters. The molecule has 7 nitrogen and oxygen atoms in total. The van der Waals surface area contributed by atoms with Crippen molar-refractivity contribution in [2.75, 3.05) is 12.8 Å². The van der Waals surface area contributed by atoms with E-state index >= 15 is 0 Å². The van der Waals surface area contributed by atoms with Gasteiger partial charge in [-0.3, -0.25) is 4.79 Å².